The minimum Gasteiger partial charge on any atom is -0.304 e. The third-order valence-corrected chi connectivity index (χ3v) is 5.26. The molecule has 7 heteroatoms. The molecule has 0 aliphatic carbocycles. The smallest absolute Gasteiger partial charge is 0.242 e. The van der Waals surface area contributed by atoms with Crippen LogP contribution in [0.4, 0.5) is 4.39 Å². The van der Waals surface area contributed by atoms with Crippen molar-refractivity contribution in [1.82, 2.24) is 9.62 Å². The molecule has 0 amide bonds. The summed E-state index contributed by atoms with van der Waals surface area (Å²) in [6.45, 7) is 3.43. The molecule has 1 N–H and O–H groups in total. The molecular weight excluding hydrogens is 291 g/mol. The Morgan fingerprint density at radius 3 is 2.68 bits per heavy atom. The van der Waals surface area contributed by atoms with Crippen molar-refractivity contribution in [2.24, 2.45) is 5.92 Å². The molecule has 0 spiro atoms. The fourth-order valence-corrected chi connectivity index (χ4v) is 4.16. The molecule has 1 aromatic rings. The van der Waals surface area contributed by atoms with Crippen LogP contribution in [0.25, 0.3) is 0 Å². The van der Waals surface area contributed by atoms with Gasteiger partial charge in [-0.1, -0.05) is 18.5 Å². The molecule has 19 heavy (non-hydrogen) atoms. The van der Waals surface area contributed by atoms with Gasteiger partial charge < -0.3 is 4.90 Å². The second-order valence-electron chi connectivity index (χ2n) is 5.00. The van der Waals surface area contributed by atoms with Gasteiger partial charge in [0.25, 0.3) is 0 Å². The number of nitrogens with zero attached hydrogens (tertiary/aromatic N) is 1. The lowest BCUT2D eigenvalue weighted by molar-refractivity contribution is 0.400. The van der Waals surface area contributed by atoms with Gasteiger partial charge in [-0.15, -0.1) is 0 Å². The third kappa shape index (κ3) is 3.25. The van der Waals surface area contributed by atoms with Gasteiger partial charge in [-0.25, -0.2) is 17.5 Å². The molecule has 0 bridgehead atoms. The number of hydrogen-bond donors (Lipinski definition) is 1. The van der Waals surface area contributed by atoms with E-state index in [-0.39, 0.29) is 21.9 Å². The predicted molar refractivity (Wildman–Crippen MR) is 72.2 cm³/mol. The van der Waals surface area contributed by atoms with Gasteiger partial charge in [0.1, 0.15) is 10.7 Å². The van der Waals surface area contributed by atoms with Crippen molar-refractivity contribution in [2.75, 3.05) is 20.1 Å². The number of likely N-dealkylation sites (N-methyl/N-ethyl adjacent to an activating group) is 1. The van der Waals surface area contributed by atoms with Crippen LogP contribution in [0.2, 0.25) is 5.02 Å². The van der Waals surface area contributed by atoms with Gasteiger partial charge in [0.05, 0.1) is 5.02 Å². The molecule has 1 saturated heterocycles. The molecule has 1 aromatic carbocycles. The number of hydrogen-bond acceptors (Lipinski definition) is 3. The first kappa shape index (κ1) is 14.7. The molecular formula is C12H16ClFN2O2S. The summed E-state index contributed by atoms with van der Waals surface area (Å²) in [5.74, 6) is -0.423. The minimum absolute atomic E-state index is 0.0212. The van der Waals surface area contributed by atoms with Gasteiger partial charge in [0.2, 0.25) is 10.0 Å². The maximum Gasteiger partial charge on any atom is 0.242 e. The van der Waals surface area contributed by atoms with E-state index in [4.69, 9.17) is 11.6 Å². The van der Waals surface area contributed by atoms with Crippen LogP contribution < -0.4 is 4.72 Å². The van der Waals surface area contributed by atoms with Crippen LogP contribution in [0.15, 0.2) is 23.1 Å². The molecule has 1 fully saturated rings. The Morgan fingerprint density at radius 1 is 1.42 bits per heavy atom. The van der Waals surface area contributed by atoms with E-state index >= 15 is 0 Å². The van der Waals surface area contributed by atoms with Crippen LogP contribution in [0.3, 0.4) is 0 Å². The topological polar surface area (TPSA) is 49.4 Å². The standard InChI is InChI=1S/C12H16ClFN2O2S/c1-8-6-16(2)7-11(8)15-19(17,18)12-5-9(14)3-4-10(12)13/h3-5,8,11,15H,6-7H2,1-2H3/t8-,11-/m0/s1. The first-order valence-corrected chi connectivity index (χ1v) is 7.81. The third-order valence-electron chi connectivity index (χ3n) is 3.28. The molecule has 2 atom stereocenters. The molecule has 106 valence electrons. The highest BCUT2D eigenvalue weighted by atomic mass is 35.5. The SMILES string of the molecule is C[C@H]1CN(C)C[C@@H]1NS(=O)(=O)c1cc(F)ccc1Cl. The normalized spacial score (nSPS) is 24.8. The van der Waals surface area contributed by atoms with E-state index in [1.165, 1.54) is 6.07 Å². The van der Waals surface area contributed by atoms with Crippen LogP contribution in [0.5, 0.6) is 0 Å². The molecule has 0 saturated carbocycles. The van der Waals surface area contributed by atoms with Crippen molar-refractivity contribution < 1.29 is 12.8 Å². The molecule has 1 heterocycles. The highest BCUT2D eigenvalue weighted by molar-refractivity contribution is 7.89. The average molecular weight is 307 g/mol. The first-order valence-electron chi connectivity index (χ1n) is 5.95. The lowest BCUT2D eigenvalue weighted by Crippen LogP contribution is -2.39. The van der Waals surface area contributed by atoms with Crippen molar-refractivity contribution in [3.05, 3.63) is 29.0 Å². The summed E-state index contributed by atoms with van der Waals surface area (Å²) >= 11 is 5.83. The zero-order chi connectivity index (χ0) is 14.2. The van der Waals surface area contributed by atoms with Crippen LogP contribution in [-0.2, 0) is 10.0 Å². The molecule has 0 unspecified atom stereocenters. The lowest BCUT2D eigenvalue weighted by Gasteiger charge is -2.17. The Labute approximate surface area is 117 Å². The van der Waals surface area contributed by atoms with E-state index in [0.29, 0.717) is 6.54 Å². The largest absolute Gasteiger partial charge is 0.304 e. The number of rotatable bonds is 3. The molecule has 0 radical (unpaired) electrons. The van der Waals surface area contributed by atoms with E-state index in [0.717, 1.165) is 18.7 Å². The zero-order valence-electron chi connectivity index (χ0n) is 10.7. The van der Waals surface area contributed by atoms with Gasteiger partial charge in [-0.05, 0) is 31.2 Å². The highest BCUT2D eigenvalue weighted by Crippen LogP contribution is 2.24. The summed E-state index contributed by atoms with van der Waals surface area (Å²) in [5, 5.41) is 0.0212. The summed E-state index contributed by atoms with van der Waals surface area (Å²) in [7, 11) is -1.87. The van der Waals surface area contributed by atoms with E-state index in [2.05, 4.69) is 4.72 Å². The minimum atomic E-state index is -3.80. The fraction of sp³-hybridized carbons (Fsp3) is 0.500. The van der Waals surface area contributed by atoms with Crippen LogP contribution in [0, 0.1) is 11.7 Å². The van der Waals surface area contributed by atoms with Gasteiger partial charge in [-0.3, -0.25) is 0 Å². The molecule has 2 rings (SSSR count). The van der Waals surface area contributed by atoms with Crippen molar-refractivity contribution in [1.29, 1.82) is 0 Å². The summed E-state index contributed by atoms with van der Waals surface area (Å²) in [5.41, 5.74) is 0. The van der Waals surface area contributed by atoms with Crippen molar-refractivity contribution >= 4 is 21.6 Å². The Bertz CT molecular complexity index is 579. The van der Waals surface area contributed by atoms with E-state index < -0.39 is 15.8 Å². The summed E-state index contributed by atoms with van der Waals surface area (Å²) in [6.07, 6.45) is 0. The molecule has 0 aromatic heterocycles. The van der Waals surface area contributed by atoms with Gasteiger partial charge in [0, 0.05) is 19.1 Å². The highest BCUT2D eigenvalue weighted by Gasteiger charge is 2.32. The fourth-order valence-electron chi connectivity index (χ4n) is 2.31. The van der Waals surface area contributed by atoms with Gasteiger partial charge in [-0.2, -0.15) is 0 Å². The van der Waals surface area contributed by atoms with E-state index in [1.807, 2.05) is 18.9 Å². The maximum absolute atomic E-state index is 13.2. The summed E-state index contributed by atoms with van der Waals surface area (Å²) < 4.78 is 40.2. The Kier molecular flexibility index (Phi) is 4.15. The Hall–Kier alpha value is -0.690. The van der Waals surface area contributed by atoms with Gasteiger partial charge >= 0.3 is 0 Å². The first-order chi connectivity index (χ1) is 8.79. The van der Waals surface area contributed by atoms with Crippen LogP contribution in [-0.4, -0.2) is 39.5 Å². The number of likely N-dealkylation sites (tertiary alicyclic amines) is 1. The van der Waals surface area contributed by atoms with Gasteiger partial charge in [0.15, 0.2) is 0 Å². The quantitative estimate of drug-likeness (QED) is 0.925. The lowest BCUT2D eigenvalue weighted by atomic mass is 10.1. The van der Waals surface area contributed by atoms with Crippen molar-refractivity contribution in [3.63, 3.8) is 0 Å². The molecule has 1 aliphatic heterocycles. The average Bonchev–Trinajstić information content (AvgIpc) is 2.60. The van der Waals surface area contributed by atoms with Crippen LogP contribution in [0.1, 0.15) is 6.92 Å². The number of sulfonamides is 1. The number of halogens is 2. The number of benzene rings is 1. The molecule has 1 aliphatic rings. The monoisotopic (exact) mass is 306 g/mol. The second kappa shape index (κ2) is 5.36. The summed E-state index contributed by atoms with van der Waals surface area (Å²) in [6, 6.07) is 3.13. The predicted octanol–water partition coefficient (Wildman–Crippen LogP) is 1.71. The van der Waals surface area contributed by atoms with E-state index in [1.54, 1.807) is 0 Å². The summed E-state index contributed by atoms with van der Waals surface area (Å²) in [4.78, 5) is 1.83. The van der Waals surface area contributed by atoms with Crippen molar-refractivity contribution in [2.45, 2.75) is 17.9 Å². The molecule has 4 nitrogen and oxygen atoms in total. The zero-order valence-corrected chi connectivity index (χ0v) is 12.3. The Balaban J connectivity index is 2.26. The number of nitrogens with one attached hydrogen (secondary N) is 1. The van der Waals surface area contributed by atoms with Crippen molar-refractivity contribution in [3.8, 4) is 0 Å². The van der Waals surface area contributed by atoms with Crippen LogP contribution >= 0.6 is 11.6 Å². The second-order valence-corrected chi connectivity index (χ2v) is 7.09. The van der Waals surface area contributed by atoms with E-state index in [9.17, 15) is 12.8 Å². The maximum atomic E-state index is 13.2. The Morgan fingerprint density at radius 2 is 2.11 bits per heavy atom.